The minimum Gasteiger partial charge on any atom is -0.372 e. The van der Waals surface area contributed by atoms with Crippen LogP contribution in [-0.2, 0) is 10.9 Å². The first-order valence-electron chi connectivity index (χ1n) is 9.44. The Balaban J connectivity index is 1.70. The maximum Gasteiger partial charge on any atom is 0.416 e. The van der Waals surface area contributed by atoms with E-state index in [-0.39, 0.29) is 24.0 Å². The lowest BCUT2D eigenvalue weighted by molar-refractivity contribution is -0.137. The van der Waals surface area contributed by atoms with Crippen LogP contribution in [0, 0.1) is 0 Å². The first kappa shape index (κ1) is 19.0. The van der Waals surface area contributed by atoms with E-state index in [1.165, 1.54) is 16.9 Å². The van der Waals surface area contributed by atoms with Crippen molar-refractivity contribution in [3.63, 3.8) is 0 Å². The number of halogens is 3. The van der Waals surface area contributed by atoms with Crippen molar-refractivity contribution in [2.24, 2.45) is 0 Å². The molecule has 0 spiro atoms. The smallest absolute Gasteiger partial charge is 0.372 e. The van der Waals surface area contributed by atoms with Gasteiger partial charge in [-0.15, -0.1) is 0 Å². The zero-order valence-corrected chi connectivity index (χ0v) is 15.7. The molecular formula is C20H22F3N3O2. The van der Waals surface area contributed by atoms with Crippen LogP contribution < -0.4 is 0 Å². The van der Waals surface area contributed by atoms with Crippen molar-refractivity contribution in [3.05, 3.63) is 47.3 Å². The summed E-state index contributed by atoms with van der Waals surface area (Å²) in [5.74, 6) is 0.00834. The van der Waals surface area contributed by atoms with Gasteiger partial charge in [-0.05, 0) is 44.9 Å². The quantitative estimate of drug-likeness (QED) is 0.792. The molecule has 0 N–H and O–H groups in total. The van der Waals surface area contributed by atoms with Gasteiger partial charge in [0.1, 0.15) is 0 Å². The topological polar surface area (TPSA) is 47.4 Å². The number of rotatable bonds is 3. The van der Waals surface area contributed by atoms with Crippen molar-refractivity contribution in [2.45, 2.75) is 51.0 Å². The Kier molecular flexibility index (Phi) is 4.69. The van der Waals surface area contributed by atoms with Crippen LogP contribution in [0.4, 0.5) is 13.2 Å². The van der Waals surface area contributed by atoms with E-state index in [1.807, 2.05) is 13.8 Å². The number of amides is 1. The number of nitrogens with zero attached hydrogens (tertiary/aromatic N) is 3. The highest BCUT2D eigenvalue weighted by molar-refractivity contribution is 5.95. The molecule has 2 fully saturated rings. The molecule has 0 unspecified atom stereocenters. The van der Waals surface area contributed by atoms with Crippen molar-refractivity contribution in [1.82, 2.24) is 14.7 Å². The van der Waals surface area contributed by atoms with Crippen molar-refractivity contribution in [3.8, 4) is 5.69 Å². The predicted octanol–water partition coefficient (Wildman–Crippen LogP) is 4.02. The van der Waals surface area contributed by atoms with Crippen molar-refractivity contribution < 1.29 is 22.7 Å². The fourth-order valence-corrected chi connectivity index (χ4v) is 3.81. The summed E-state index contributed by atoms with van der Waals surface area (Å²) < 4.78 is 46.5. The Bertz CT molecular complexity index is 879. The molecule has 0 radical (unpaired) electrons. The minimum absolute atomic E-state index is 0.0596. The Labute approximate surface area is 161 Å². The van der Waals surface area contributed by atoms with E-state index < -0.39 is 11.7 Å². The van der Waals surface area contributed by atoms with E-state index in [4.69, 9.17) is 4.74 Å². The molecule has 4 rings (SSSR count). The highest BCUT2D eigenvalue weighted by Crippen LogP contribution is 2.43. The Hall–Kier alpha value is -2.35. The standard InChI is InChI=1S/C20H22F3N3O2/c1-12-10-25(11-13(2)28-12)19(27)17-9-24-26(18(17)14-6-7-14)16-5-3-4-15(8-16)20(21,22)23/h3-5,8-9,12-14H,6-7,10-11H2,1-2H3/t12-,13-/m0/s1. The third kappa shape index (κ3) is 3.65. The SMILES string of the molecule is C[C@H]1CN(C(=O)c2cnn(-c3cccc(C(F)(F)F)c3)c2C2CC2)C[C@H](C)O1. The summed E-state index contributed by atoms with van der Waals surface area (Å²) in [5.41, 5.74) is 0.766. The van der Waals surface area contributed by atoms with Gasteiger partial charge in [0.25, 0.3) is 5.91 Å². The van der Waals surface area contributed by atoms with Gasteiger partial charge in [0.05, 0.1) is 40.9 Å². The summed E-state index contributed by atoms with van der Waals surface area (Å²) in [7, 11) is 0. The minimum atomic E-state index is -4.43. The monoisotopic (exact) mass is 393 g/mol. The van der Waals surface area contributed by atoms with Crippen LogP contribution in [0.2, 0.25) is 0 Å². The van der Waals surface area contributed by atoms with Gasteiger partial charge < -0.3 is 9.64 Å². The molecular weight excluding hydrogens is 371 g/mol. The largest absolute Gasteiger partial charge is 0.416 e. The third-order valence-corrected chi connectivity index (χ3v) is 5.13. The molecule has 8 heteroatoms. The predicted molar refractivity (Wildman–Crippen MR) is 96.5 cm³/mol. The number of aromatic nitrogens is 2. The van der Waals surface area contributed by atoms with Crippen LogP contribution in [0.15, 0.2) is 30.5 Å². The lowest BCUT2D eigenvalue weighted by Crippen LogP contribution is -2.48. The van der Waals surface area contributed by atoms with Gasteiger partial charge in [-0.25, -0.2) is 4.68 Å². The third-order valence-electron chi connectivity index (χ3n) is 5.13. The highest BCUT2D eigenvalue weighted by Gasteiger charge is 2.36. The fourth-order valence-electron chi connectivity index (χ4n) is 3.81. The van der Waals surface area contributed by atoms with Crippen LogP contribution in [0.5, 0.6) is 0 Å². The maximum absolute atomic E-state index is 13.2. The first-order valence-corrected chi connectivity index (χ1v) is 9.44. The summed E-state index contributed by atoms with van der Waals surface area (Å²) in [4.78, 5) is 14.9. The molecule has 1 aliphatic carbocycles. The van der Waals surface area contributed by atoms with E-state index in [0.717, 1.165) is 25.0 Å². The number of ether oxygens (including phenoxy) is 1. The van der Waals surface area contributed by atoms with Gasteiger partial charge in [-0.1, -0.05) is 6.07 Å². The normalized spacial score (nSPS) is 23.1. The van der Waals surface area contributed by atoms with E-state index in [1.54, 1.807) is 11.0 Å². The summed E-state index contributed by atoms with van der Waals surface area (Å²) in [6, 6.07) is 5.06. The van der Waals surface area contributed by atoms with Gasteiger partial charge in [0, 0.05) is 19.0 Å². The van der Waals surface area contributed by atoms with Gasteiger partial charge in [-0.3, -0.25) is 4.79 Å². The van der Waals surface area contributed by atoms with Gasteiger partial charge in [0.2, 0.25) is 0 Å². The zero-order valence-electron chi connectivity index (χ0n) is 15.7. The first-order chi connectivity index (χ1) is 13.2. The van der Waals surface area contributed by atoms with Crippen LogP contribution in [0.1, 0.15) is 54.2 Å². The van der Waals surface area contributed by atoms with Crippen LogP contribution in [-0.4, -0.2) is 45.9 Å². The number of carbonyl (C=O) groups excluding carboxylic acids is 1. The number of hydrogen-bond acceptors (Lipinski definition) is 3. The lowest BCUT2D eigenvalue weighted by Gasteiger charge is -2.35. The molecule has 1 aromatic carbocycles. The Morgan fingerprint density at radius 2 is 1.86 bits per heavy atom. The molecule has 2 aromatic rings. The number of hydrogen-bond donors (Lipinski definition) is 0. The summed E-state index contributed by atoms with van der Waals surface area (Å²) in [5, 5.41) is 4.30. The van der Waals surface area contributed by atoms with E-state index in [9.17, 15) is 18.0 Å². The molecule has 2 heterocycles. The zero-order chi connectivity index (χ0) is 20.1. The molecule has 2 atom stereocenters. The van der Waals surface area contributed by atoms with Crippen LogP contribution in [0.3, 0.4) is 0 Å². The Morgan fingerprint density at radius 3 is 2.46 bits per heavy atom. The summed E-state index contributed by atoms with van der Waals surface area (Å²) >= 11 is 0. The summed E-state index contributed by atoms with van der Waals surface area (Å²) in [6.45, 7) is 4.82. The number of morpholine rings is 1. The second kappa shape index (κ2) is 6.92. The molecule has 5 nitrogen and oxygen atoms in total. The van der Waals surface area contributed by atoms with Gasteiger partial charge in [-0.2, -0.15) is 18.3 Å². The lowest BCUT2D eigenvalue weighted by atomic mass is 10.1. The Morgan fingerprint density at radius 1 is 1.18 bits per heavy atom. The van der Waals surface area contributed by atoms with Crippen molar-refractivity contribution >= 4 is 5.91 Å². The van der Waals surface area contributed by atoms with E-state index in [2.05, 4.69) is 5.10 Å². The number of benzene rings is 1. The molecule has 28 heavy (non-hydrogen) atoms. The van der Waals surface area contributed by atoms with Crippen molar-refractivity contribution in [2.75, 3.05) is 13.1 Å². The van der Waals surface area contributed by atoms with Crippen LogP contribution in [0.25, 0.3) is 5.69 Å². The fraction of sp³-hybridized carbons (Fsp3) is 0.500. The van der Waals surface area contributed by atoms with E-state index >= 15 is 0 Å². The molecule has 1 saturated carbocycles. The maximum atomic E-state index is 13.2. The van der Waals surface area contributed by atoms with Crippen molar-refractivity contribution in [1.29, 1.82) is 0 Å². The van der Waals surface area contributed by atoms with E-state index in [0.29, 0.717) is 30.0 Å². The van der Waals surface area contributed by atoms with Crippen LogP contribution >= 0.6 is 0 Å². The molecule has 0 bridgehead atoms. The summed E-state index contributed by atoms with van der Waals surface area (Å²) in [6.07, 6.45) is -1.25. The van der Waals surface area contributed by atoms with Gasteiger partial charge in [0.15, 0.2) is 0 Å². The second-order valence-electron chi connectivity index (χ2n) is 7.65. The second-order valence-corrected chi connectivity index (χ2v) is 7.65. The average Bonchev–Trinajstić information content (AvgIpc) is 3.37. The number of alkyl halides is 3. The molecule has 150 valence electrons. The molecule has 2 aliphatic rings. The highest BCUT2D eigenvalue weighted by atomic mass is 19.4. The molecule has 1 aromatic heterocycles. The molecule has 1 amide bonds. The molecule has 1 aliphatic heterocycles. The average molecular weight is 393 g/mol. The van der Waals surface area contributed by atoms with Gasteiger partial charge >= 0.3 is 6.18 Å². The number of carbonyl (C=O) groups is 1. The molecule has 1 saturated heterocycles.